The zero-order valence-electron chi connectivity index (χ0n) is 11.2. The van der Waals surface area contributed by atoms with Crippen LogP contribution in [0.25, 0.3) is 17.0 Å². The molecule has 0 fully saturated rings. The maximum atomic E-state index is 13.6. The van der Waals surface area contributed by atoms with Crippen LogP contribution < -0.4 is 0 Å². The molecule has 2 rings (SSSR count). The minimum atomic E-state index is -0.535. The summed E-state index contributed by atoms with van der Waals surface area (Å²) in [6.07, 6.45) is 4.18. The lowest BCUT2D eigenvalue weighted by Crippen LogP contribution is -2.22. The fourth-order valence-electron chi connectivity index (χ4n) is 1.80. The van der Waals surface area contributed by atoms with Gasteiger partial charge in [0.05, 0.1) is 0 Å². The van der Waals surface area contributed by atoms with Crippen LogP contribution in [0.4, 0.5) is 4.39 Å². The van der Waals surface area contributed by atoms with Crippen molar-refractivity contribution in [2.75, 3.05) is 0 Å². The largest absolute Gasteiger partial charge is 0.457 e. The van der Waals surface area contributed by atoms with Gasteiger partial charge in [0, 0.05) is 23.2 Å². The second-order valence-electron chi connectivity index (χ2n) is 5.27. The molecule has 0 unspecified atom stereocenters. The van der Waals surface area contributed by atoms with Gasteiger partial charge in [0.1, 0.15) is 11.4 Å². The van der Waals surface area contributed by atoms with Crippen molar-refractivity contribution < 1.29 is 13.9 Å². The van der Waals surface area contributed by atoms with E-state index in [0.29, 0.717) is 16.5 Å². The summed E-state index contributed by atoms with van der Waals surface area (Å²) in [5.74, 6) is -0.778. The van der Waals surface area contributed by atoms with Crippen LogP contribution in [0.2, 0.25) is 0 Å². The third kappa shape index (κ3) is 3.22. The van der Waals surface area contributed by atoms with Gasteiger partial charge >= 0.3 is 5.97 Å². The highest BCUT2D eigenvalue weighted by atomic mass is 19.1. The van der Waals surface area contributed by atoms with Crippen molar-refractivity contribution in [1.29, 1.82) is 0 Å². The van der Waals surface area contributed by atoms with Crippen LogP contribution in [0.5, 0.6) is 0 Å². The van der Waals surface area contributed by atoms with Crippen LogP contribution in [-0.2, 0) is 9.53 Å². The molecule has 1 N–H and O–H groups in total. The maximum absolute atomic E-state index is 13.6. The van der Waals surface area contributed by atoms with Gasteiger partial charge in [0.25, 0.3) is 0 Å². The van der Waals surface area contributed by atoms with E-state index < -0.39 is 11.6 Å². The lowest BCUT2D eigenvalue weighted by atomic mass is 10.1. The van der Waals surface area contributed by atoms with Crippen molar-refractivity contribution in [3.63, 3.8) is 0 Å². The molecule has 19 heavy (non-hydrogen) atoms. The van der Waals surface area contributed by atoms with Crippen molar-refractivity contribution in [3.8, 4) is 0 Å². The summed E-state index contributed by atoms with van der Waals surface area (Å²) in [5, 5.41) is 0.474. The van der Waals surface area contributed by atoms with E-state index in [1.54, 1.807) is 45.0 Å². The molecule has 0 saturated heterocycles. The fourth-order valence-corrected chi connectivity index (χ4v) is 1.80. The first-order valence-electron chi connectivity index (χ1n) is 6.03. The number of rotatable bonds is 2. The highest BCUT2D eigenvalue weighted by molar-refractivity contribution is 5.94. The van der Waals surface area contributed by atoms with Crippen molar-refractivity contribution >= 4 is 22.9 Å². The third-order valence-corrected chi connectivity index (χ3v) is 2.50. The number of ether oxygens (including phenoxy) is 1. The first-order chi connectivity index (χ1) is 8.87. The highest BCUT2D eigenvalue weighted by Crippen LogP contribution is 2.22. The van der Waals surface area contributed by atoms with Gasteiger partial charge in [-0.1, -0.05) is 12.1 Å². The number of hydrogen-bond acceptors (Lipinski definition) is 2. The number of aromatic amines is 1. The van der Waals surface area contributed by atoms with Gasteiger partial charge in [-0.15, -0.1) is 0 Å². The number of esters is 1. The molecular weight excluding hydrogens is 245 g/mol. The molecule has 0 aliphatic rings. The zero-order chi connectivity index (χ0) is 14.0. The summed E-state index contributed by atoms with van der Waals surface area (Å²) in [5.41, 5.74) is 0.804. The topological polar surface area (TPSA) is 42.1 Å². The molecule has 4 heteroatoms. The van der Waals surface area contributed by atoms with E-state index in [2.05, 4.69) is 4.98 Å². The Morgan fingerprint density at radius 3 is 2.79 bits per heavy atom. The van der Waals surface area contributed by atoms with Crippen LogP contribution in [-0.4, -0.2) is 16.6 Å². The molecular formula is C15H16FNO2. The smallest absolute Gasteiger partial charge is 0.331 e. The quantitative estimate of drug-likeness (QED) is 0.662. The molecule has 2 aromatic rings. The van der Waals surface area contributed by atoms with Gasteiger partial charge in [0.15, 0.2) is 0 Å². The van der Waals surface area contributed by atoms with E-state index in [-0.39, 0.29) is 5.82 Å². The van der Waals surface area contributed by atoms with Gasteiger partial charge in [-0.2, -0.15) is 0 Å². The Hall–Kier alpha value is -2.10. The van der Waals surface area contributed by atoms with E-state index in [1.165, 1.54) is 12.3 Å². The second-order valence-corrected chi connectivity index (χ2v) is 5.27. The molecule has 0 spiro atoms. The lowest BCUT2D eigenvalue weighted by Gasteiger charge is -2.17. The van der Waals surface area contributed by atoms with E-state index >= 15 is 0 Å². The first kappa shape index (κ1) is 13.3. The standard InChI is InChI=1S/C15H16FNO2/c1-15(2,3)19-13(18)8-7-10-5-4-6-12-14(10)11(16)9-17-12/h4-9,17H,1-3H3/b8-7+. The Morgan fingerprint density at radius 1 is 1.37 bits per heavy atom. The predicted octanol–water partition coefficient (Wildman–Crippen LogP) is 3.66. The Kier molecular flexibility index (Phi) is 3.42. The van der Waals surface area contributed by atoms with E-state index in [9.17, 15) is 9.18 Å². The average Bonchev–Trinajstić information content (AvgIpc) is 2.67. The average molecular weight is 261 g/mol. The van der Waals surface area contributed by atoms with E-state index in [4.69, 9.17) is 4.74 Å². The number of fused-ring (bicyclic) bond motifs is 1. The number of nitrogens with one attached hydrogen (secondary N) is 1. The Balaban J connectivity index is 2.26. The number of carbonyl (C=O) groups is 1. The highest BCUT2D eigenvalue weighted by Gasteiger charge is 2.14. The number of carbonyl (C=O) groups excluding carboxylic acids is 1. The maximum Gasteiger partial charge on any atom is 0.331 e. The molecule has 1 aromatic carbocycles. The molecule has 0 aliphatic heterocycles. The van der Waals surface area contributed by atoms with Crippen LogP contribution >= 0.6 is 0 Å². The van der Waals surface area contributed by atoms with Crippen molar-refractivity contribution in [1.82, 2.24) is 4.98 Å². The van der Waals surface area contributed by atoms with Crippen molar-refractivity contribution in [2.24, 2.45) is 0 Å². The predicted molar refractivity (Wildman–Crippen MR) is 73.1 cm³/mol. The summed E-state index contributed by atoms with van der Waals surface area (Å²) in [6.45, 7) is 5.39. The van der Waals surface area contributed by atoms with Crippen molar-refractivity contribution in [2.45, 2.75) is 26.4 Å². The normalized spacial score (nSPS) is 12.2. The van der Waals surface area contributed by atoms with Gasteiger partial charge in [-0.3, -0.25) is 0 Å². The summed E-state index contributed by atoms with van der Waals surface area (Å²) in [6, 6.07) is 5.33. The van der Waals surface area contributed by atoms with E-state index in [1.807, 2.05) is 0 Å². The molecule has 0 atom stereocenters. The summed E-state index contributed by atoms with van der Waals surface area (Å²) < 4.78 is 18.8. The molecule has 100 valence electrons. The third-order valence-electron chi connectivity index (χ3n) is 2.50. The molecule has 0 amide bonds. The van der Waals surface area contributed by atoms with Gasteiger partial charge in [-0.25, -0.2) is 9.18 Å². The monoisotopic (exact) mass is 261 g/mol. The van der Waals surface area contributed by atoms with Gasteiger partial charge in [-0.05, 0) is 38.5 Å². The lowest BCUT2D eigenvalue weighted by molar-refractivity contribution is -0.148. The first-order valence-corrected chi connectivity index (χ1v) is 6.03. The number of benzene rings is 1. The number of halogens is 1. The molecule has 0 saturated carbocycles. The van der Waals surface area contributed by atoms with Crippen LogP contribution in [0.1, 0.15) is 26.3 Å². The summed E-state index contributed by atoms with van der Waals surface area (Å²) >= 11 is 0. The Bertz CT molecular complexity index is 635. The zero-order valence-corrected chi connectivity index (χ0v) is 11.2. The van der Waals surface area contributed by atoms with Gasteiger partial charge < -0.3 is 9.72 Å². The van der Waals surface area contributed by atoms with E-state index in [0.717, 1.165) is 0 Å². The molecule has 3 nitrogen and oxygen atoms in total. The van der Waals surface area contributed by atoms with Gasteiger partial charge in [0.2, 0.25) is 0 Å². The molecule has 1 heterocycles. The van der Waals surface area contributed by atoms with Crippen LogP contribution in [0.15, 0.2) is 30.5 Å². The number of H-pyrrole nitrogens is 1. The number of hydrogen-bond donors (Lipinski definition) is 1. The molecule has 0 bridgehead atoms. The summed E-state index contributed by atoms with van der Waals surface area (Å²) in [4.78, 5) is 14.4. The van der Waals surface area contributed by atoms with Crippen LogP contribution in [0, 0.1) is 5.82 Å². The van der Waals surface area contributed by atoms with Crippen molar-refractivity contribution in [3.05, 3.63) is 41.9 Å². The number of aromatic nitrogens is 1. The Labute approximate surface area is 111 Å². The fraction of sp³-hybridized carbons (Fsp3) is 0.267. The SMILES string of the molecule is CC(C)(C)OC(=O)/C=C/c1cccc2[nH]cc(F)c12. The Morgan fingerprint density at radius 2 is 2.11 bits per heavy atom. The minimum absolute atomic E-state index is 0.334. The second kappa shape index (κ2) is 4.88. The molecule has 0 aliphatic carbocycles. The summed E-state index contributed by atoms with van der Waals surface area (Å²) in [7, 11) is 0. The molecule has 1 aromatic heterocycles. The molecule has 0 radical (unpaired) electrons. The minimum Gasteiger partial charge on any atom is -0.457 e. The van der Waals surface area contributed by atoms with Crippen LogP contribution in [0.3, 0.4) is 0 Å².